The van der Waals surface area contributed by atoms with Gasteiger partial charge in [0.2, 0.25) is 0 Å². The molecular weight excluding hydrogens is 188 g/mol. The molecule has 0 bridgehead atoms. The quantitative estimate of drug-likeness (QED) is 0.793. The molecule has 0 amide bonds. The van der Waals surface area contributed by atoms with Crippen molar-refractivity contribution in [3.05, 3.63) is 24.5 Å². The molecule has 3 N–H and O–H groups in total. The minimum atomic E-state index is 0.174. The number of nitrogens with one attached hydrogen (secondary N) is 1. The Kier molecular flexibility index (Phi) is 2.60. The Hall–Kier alpha value is -1.55. The lowest BCUT2D eigenvalue weighted by Gasteiger charge is -2.21. The molecule has 0 aliphatic carbocycles. The first-order chi connectivity index (χ1) is 7.16. The minimum absolute atomic E-state index is 0.174. The van der Waals surface area contributed by atoms with Crippen molar-refractivity contribution in [3.63, 3.8) is 0 Å². The van der Waals surface area contributed by atoms with E-state index in [0.29, 0.717) is 0 Å². The third-order valence-corrected chi connectivity index (χ3v) is 2.41. The third-order valence-electron chi connectivity index (χ3n) is 2.41. The molecule has 0 radical (unpaired) electrons. The predicted octanol–water partition coefficient (Wildman–Crippen LogP) is 1.35. The fourth-order valence-electron chi connectivity index (χ4n) is 1.70. The number of benzene rings is 1. The first kappa shape index (κ1) is 9.98. The zero-order valence-electron chi connectivity index (χ0n) is 9.07. The van der Waals surface area contributed by atoms with Crippen molar-refractivity contribution in [2.45, 2.75) is 13.0 Å². The van der Waals surface area contributed by atoms with Gasteiger partial charge in [-0.1, -0.05) is 0 Å². The first-order valence-electron chi connectivity index (χ1n) is 5.06. The molecule has 1 unspecified atom stereocenters. The lowest BCUT2D eigenvalue weighted by atomic mass is 10.2. The topological polar surface area (TPSA) is 57.9 Å². The second-order valence-electron chi connectivity index (χ2n) is 3.96. The SMILES string of the molecule is CC(N)CN(C)c1ccc2nc[nH]c2c1. The number of nitrogens with two attached hydrogens (primary N) is 1. The van der Waals surface area contributed by atoms with Crippen LogP contribution in [0.25, 0.3) is 11.0 Å². The fourth-order valence-corrected chi connectivity index (χ4v) is 1.70. The fraction of sp³-hybridized carbons (Fsp3) is 0.364. The van der Waals surface area contributed by atoms with E-state index in [1.54, 1.807) is 6.33 Å². The van der Waals surface area contributed by atoms with Crippen molar-refractivity contribution in [1.29, 1.82) is 0 Å². The van der Waals surface area contributed by atoms with E-state index in [1.165, 1.54) is 0 Å². The van der Waals surface area contributed by atoms with Crippen molar-refractivity contribution in [2.75, 3.05) is 18.5 Å². The highest BCUT2D eigenvalue weighted by atomic mass is 15.1. The Morgan fingerprint density at radius 2 is 2.33 bits per heavy atom. The van der Waals surface area contributed by atoms with Crippen LogP contribution < -0.4 is 10.6 Å². The van der Waals surface area contributed by atoms with Crippen LogP contribution in [0.4, 0.5) is 5.69 Å². The first-order valence-corrected chi connectivity index (χ1v) is 5.06. The van der Waals surface area contributed by atoms with E-state index in [1.807, 2.05) is 20.0 Å². The molecule has 0 saturated heterocycles. The second-order valence-corrected chi connectivity index (χ2v) is 3.96. The van der Waals surface area contributed by atoms with Gasteiger partial charge in [0.1, 0.15) is 0 Å². The van der Waals surface area contributed by atoms with Crippen LogP contribution in [0.15, 0.2) is 24.5 Å². The minimum Gasteiger partial charge on any atom is -0.373 e. The Labute approximate surface area is 89.1 Å². The molecule has 0 aliphatic rings. The van der Waals surface area contributed by atoms with Crippen molar-refractivity contribution >= 4 is 16.7 Å². The van der Waals surface area contributed by atoms with Gasteiger partial charge in [0.25, 0.3) is 0 Å². The second kappa shape index (κ2) is 3.90. The van der Waals surface area contributed by atoms with Crippen LogP contribution in [0.5, 0.6) is 0 Å². The predicted molar refractivity (Wildman–Crippen MR) is 63.0 cm³/mol. The normalized spacial score (nSPS) is 13.0. The number of likely N-dealkylation sites (N-methyl/N-ethyl adjacent to an activating group) is 1. The standard InChI is InChI=1S/C11H16N4/c1-8(12)6-15(2)9-3-4-10-11(5-9)14-7-13-10/h3-5,7-8H,6,12H2,1-2H3,(H,13,14). The maximum Gasteiger partial charge on any atom is 0.0931 e. The van der Waals surface area contributed by atoms with Crippen molar-refractivity contribution < 1.29 is 0 Å². The summed E-state index contributed by atoms with van der Waals surface area (Å²) in [5, 5.41) is 0. The van der Waals surface area contributed by atoms with Crippen molar-refractivity contribution in [3.8, 4) is 0 Å². The van der Waals surface area contributed by atoms with E-state index < -0.39 is 0 Å². The van der Waals surface area contributed by atoms with Gasteiger partial charge in [-0.3, -0.25) is 0 Å². The summed E-state index contributed by atoms with van der Waals surface area (Å²) >= 11 is 0. The Bertz CT molecular complexity index is 447. The highest BCUT2D eigenvalue weighted by Gasteiger charge is 2.04. The summed E-state index contributed by atoms with van der Waals surface area (Å²) in [6.45, 7) is 2.85. The monoisotopic (exact) mass is 204 g/mol. The average Bonchev–Trinajstić information content (AvgIpc) is 2.62. The van der Waals surface area contributed by atoms with Gasteiger partial charge in [-0.2, -0.15) is 0 Å². The molecule has 4 heteroatoms. The number of aromatic amines is 1. The molecule has 2 aromatic rings. The summed E-state index contributed by atoms with van der Waals surface area (Å²) in [5.74, 6) is 0. The molecule has 1 aromatic heterocycles. The highest BCUT2D eigenvalue weighted by molar-refractivity contribution is 5.78. The van der Waals surface area contributed by atoms with Gasteiger partial charge in [0.15, 0.2) is 0 Å². The van der Waals surface area contributed by atoms with Crippen LogP contribution in [0.2, 0.25) is 0 Å². The lowest BCUT2D eigenvalue weighted by Crippen LogP contribution is -2.32. The largest absolute Gasteiger partial charge is 0.373 e. The molecule has 15 heavy (non-hydrogen) atoms. The highest BCUT2D eigenvalue weighted by Crippen LogP contribution is 2.18. The molecule has 0 spiro atoms. The van der Waals surface area contributed by atoms with E-state index in [0.717, 1.165) is 23.3 Å². The summed E-state index contributed by atoms with van der Waals surface area (Å²) in [5.41, 5.74) is 8.97. The summed E-state index contributed by atoms with van der Waals surface area (Å²) in [6, 6.07) is 6.34. The van der Waals surface area contributed by atoms with Crippen molar-refractivity contribution in [1.82, 2.24) is 9.97 Å². The Morgan fingerprint density at radius 1 is 1.53 bits per heavy atom. The number of H-pyrrole nitrogens is 1. The number of rotatable bonds is 3. The summed E-state index contributed by atoms with van der Waals surface area (Å²) in [6.07, 6.45) is 1.71. The smallest absolute Gasteiger partial charge is 0.0931 e. The van der Waals surface area contributed by atoms with Gasteiger partial charge in [-0.25, -0.2) is 4.98 Å². The van der Waals surface area contributed by atoms with Gasteiger partial charge >= 0.3 is 0 Å². The number of hydrogen-bond donors (Lipinski definition) is 2. The maximum atomic E-state index is 5.76. The van der Waals surface area contributed by atoms with Gasteiger partial charge in [-0.05, 0) is 25.1 Å². The van der Waals surface area contributed by atoms with E-state index in [2.05, 4.69) is 27.0 Å². The number of nitrogens with zero attached hydrogens (tertiary/aromatic N) is 2. The van der Waals surface area contributed by atoms with Crippen LogP contribution in [-0.2, 0) is 0 Å². The van der Waals surface area contributed by atoms with Crippen LogP contribution in [-0.4, -0.2) is 29.6 Å². The van der Waals surface area contributed by atoms with Gasteiger partial charge in [0.05, 0.1) is 17.4 Å². The number of fused-ring (bicyclic) bond motifs is 1. The molecule has 1 atom stereocenters. The van der Waals surface area contributed by atoms with Crippen molar-refractivity contribution in [2.24, 2.45) is 5.73 Å². The molecule has 4 nitrogen and oxygen atoms in total. The maximum absolute atomic E-state index is 5.76. The molecule has 80 valence electrons. The lowest BCUT2D eigenvalue weighted by molar-refractivity contribution is 0.718. The molecule has 0 fully saturated rings. The van der Waals surface area contributed by atoms with E-state index in [4.69, 9.17) is 5.73 Å². The number of hydrogen-bond acceptors (Lipinski definition) is 3. The molecule has 1 heterocycles. The van der Waals surface area contributed by atoms with E-state index in [9.17, 15) is 0 Å². The summed E-state index contributed by atoms with van der Waals surface area (Å²) in [7, 11) is 2.04. The van der Waals surface area contributed by atoms with Gasteiger partial charge in [0, 0.05) is 25.3 Å². The molecular formula is C11H16N4. The molecule has 0 saturated carbocycles. The van der Waals surface area contributed by atoms with E-state index >= 15 is 0 Å². The Balaban J connectivity index is 2.27. The van der Waals surface area contributed by atoms with Gasteiger partial charge in [-0.15, -0.1) is 0 Å². The molecule has 1 aromatic carbocycles. The molecule has 0 aliphatic heterocycles. The van der Waals surface area contributed by atoms with Crippen LogP contribution >= 0.6 is 0 Å². The number of anilines is 1. The summed E-state index contributed by atoms with van der Waals surface area (Å²) < 4.78 is 0. The Morgan fingerprint density at radius 3 is 3.07 bits per heavy atom. The number of aromatic nitrogens is 2. The van der Waals surface area contributed by atoms with Crippen LogP contribution in [0.3, 0.4) is 0 Å². The summed E-state index contributed by atoms with van der Waals surface area (Å²) in [4.78, 5) is 9.42. The average molecular weight is 204 g/mol. The van der Waals surface area contributed by atoms with E-state index in [-0.39, 0.29) is 6.04 Å². The zero-order valence-corrected chi connectivity index (χ0v) is 9.07. The third kappa shape index (κ3) is 2.10. The van der Waals surface area contributed by atoms with Crippen LogP contribution in [0, 0.1) is 0 Å². The number of imidazole rings is 1. The molecule has 2 rings (SSSR count). The zero-order chi connectivity index (χ0) is 10.8. The van der Waals surface area contributed by atoms with Crippen LogP contribution in [0.1, 0.15) is 6.92 Å². The van der Waals surface area contributed by atoms with Gasteiger partial charge < -0.3 is 15.6 Å².